The minimum atomic E-state index is -0.849. The van der Waals surface area contributed by atoms with Gasteiger partial charge in [-0.25, -0.2) is 4.79 Å². The fourth-order valence-corrected chi connectivity index (χ4v) is 3.46. The van der Waals surface area contributed by atoms with E-state index in [9.17, 15) is 14.7 Å². The average molecular weight is 360 g/mol. The van der Waals surface area contributed by atoms with Gasteiger partial charge in [-0.15, -0.1) is 0 Å². The quantitative estimate of drug-likeness (QED) is 0.873. The summed E-state index contributed by atoms with van der Waals surface area (Å²) in [4.78, 5) is 25.3. The van der Waals surface area contributed by atoms with Gasteiger partial charge in [-0.3, -0.25) is 4.79 Å². The van der Waals surface area contributed by atoms with Crippen LogP contribution in [0.5, 0.6) is 5.75 Å². The number of fused-ring (bicyclic) bond motifs is 1. The molecule has 2 atom stereocenters. The standard InChI is InChI=1S/C19H24N2O5/c1-11-15-9-14(25-3)6-7-16(15)26-17(11)12(2)20-19(24)21-8-4-5-13(10-21)18(22)23/h6-7,9,12-13H,4-5,8,10H2,1-3H3,(H,20,24)(H,22,23). The maximum absolute atomic E-state index is 12.5. The van der Waals surface area contributed by atoms with Gasteiger partial charge < -0.3 is 24.5 Å². The predicted molar refractivity (Wildman–Crippen MR) is 96.4 cm³/mol. The van der Waals surface area contributed by atoms with Crippen LogP contribution in [0.15, 0.2) is 22.6 Å². The van der Waals surface area contributed by atoms with Crippen LogP contribution < -0.4 is 10.1 Å². The van der Waals surface area contributed by atoms with Crippen molar-refractivity contribution in [3.8, 4) is 5.75 Å². The van der Waals surface area contributed by atoms with Gasteiger partial charge in [0.05, 0.1) is 19.1 Å². The third-order valence-corrected chi connectivity index (χ3v) is 4.97. The molecule has 7 heteroatoms. The van der Waals surface area contributed by atoms with Gasteiger partial charge in [-0.05, 0) is 44.9 Å². The van der Waals surface area contributed by atoms with Crippen LogP contribution in [0.2, 0.25) is 0 Å². The number of piperidine rings is 1. The maximum atomic E-state index is 12.5. The second-order valence-corrected chi connectivity index (χ2v) is 6.75. The van der Waals surface area contributed by atoms with Crippen LogP contribution in [0.4, 0.5) is 4.79 Å². The number of aryl methyl sites for hydroxylation is 1. The van der Waals surface area contributed by atoms with Gasteiger partial charge in [0.1, 0.15) is 17.1 Å². The minimum Gasteiger partial charge on any atom is -0.497 e. The first-order valence-corrected chi connectivity index (χ1v) is 8.76. The number of amides is 2. The monoisotopic (exact) mass is 360 g/mol. The molecule has 1 aromatic heterocycles. The second-order valence-electron chi connectivity index (χ2n) is 6.75. The Hall–Kier alpha value is -2.70. The summed E-state index contributed by atoms with van der Waals surface area (Å²) in [7, 11) is 1.61. The Morgan fingerprint density at radius 1 is 1.42 bits per heavy atom. The molecule has 3 rings (SSSR count). The molecule has 1 aromatic carbocycles. The average Bonchev–Trinajstić information content (AvgIpc) is 2.98. The molecule has 2 unspecified atom stereocenters. The van der Waals surface area contributed by atoms with Crippen molar-refractivity contribution >= 4 is 23.0 Å². The van der Waals surface area contributed by atoms with Crippen molar-refractivity contribution in [3.63, 3.8) is 0 Å². The molecule has 0 aliphatic carbocycles. The molecule has 2 amide bonds. The number of benzene rings is 1. The van der Waals surface area contributed by atoms with Crippen LogP contribution in [-0.2, 0) is 4.79 Å². The van der Waals surface area contributed by atoms with E-state index in [4.69, 9.17) is 9.15 Å². The highest BCUT2D eigenvalue weighted by molar-refractivity contribution is 5.84. The van der Waals surface area contributed by atoms with Gasteiger partial charge in [0, 0.05) is 24.0 Å². The first-order chi connectivity index (χ1) is 12.4. The molecule has 0 radical (unpaired) electrons. The van der Waals surface area contributed by atoms with E-state index in [-0.39, 0.29) is 18.6 Å². The van der Waals surface area contributed by atoms with Crippen molar-refractivity contribution in [2.24, 2.45) is 5.92 Å². The number of carboxylic acid groups (broad SMARTS) is 1. The van der Waals surface area contributed by atoms with Gasteiger partial charge >= 0.3 is 12.0 Å². The van der Waals surface area contributed by atoms with E-state index in [2.05, 4.69) is 5.32 Å². The van der Waals surface area contributed by atoms with Crippen molar-refractivity contribution in [2.75, 3.05) is 20.2 Å². The molecule has 2 N–H and O–H groups in total. The van der Waals surface area contributed by atoms with Gasteiger partial charge in [-0.2, -0.15) is 0 Å². The van der Waals surface area contributed by atoms with Crippen molar-refractivity contribution in [1.82, 2.24) is 10.2 Å². The van der Waals surface area contributed by atoms with Gasteiger partial charge in [0.15, 0.2) is 0 Å². The highest BCUT2D eigenvalue weighted by Crippen LogP contribution is 2.32. The van der Waals surface area contributed by atoms with E-state index in [1.807, 2.05) is 32.0 Å². The van der Waals surface area contributed by atoms with E-state index >= 15 is 0 Å². The Kier molecular flexibility index (Phi) is 5.06. The molecule has 2 aromatic rings. The lowest BCUT2D eigenvalue weighted by atomic mass is 9.99. The first kappa shape index (κ1) is 18.1. The third-order valence-electron chi connectivity index (χ3n) is 4.97. The number of likely N-dealkylation sites (tertiary alicyclic amines) is 1. The van der Waals surface area contributed by atoms with Crippen LogP contribution in [0, 0.1) is 12.8 Å². The molecule has 2 heterocycles. The number of furan rings is 1. The topological polar surface area (TPSA) is 92.0 Å². The lowest BCUT2D eigenvalue weighted by molar-refractivity contribution is -0.143. The van der Waals surface area contributed by atoms with Crippen molar-refractivity contribution < 1.29 is 23.8 Å². The molecular formula is C19H24N2O5. The number of aliphatic carboxylic acids is 1. The summed E-state index contributed by atoms with van der Waals surface area (Å²) in [6, 6.07) is 5.00. The van der Waals surface area contributed by atoms with E-state index in [0.717, 1.165) is 22.3 Å². The number of carbonyl (C=O) groups is 2. The zero-order chi connectivity index (χ0) is 18.8. The minimum absolute atomic E-state index is 0.240. The molecular weight excluding hydrogens is 336 g/mol. The predicted octanol–water partition coefficient (Wildman–Crippen LogP) is 3.32. The molecule has 7 nitrogen and oxygen atoms in total. The SMILES string of the molecule is COc1ccc2oc(C(C)NC(=O)N3CCCC(C(=O)O)C3)c(C)c2c1. The van der Waals surface area contributed by atoms with Gasteiger partial charge in [-0.1, -0.05) is 0 Å². The number of ether oxygens (including phenoxy) is 1. The van der Waals surface area contributed by atoms with Crippen molar-refractivity contribution in [1.29, 1.82) is 0 Å². The lowest BCUT2D eigenvalue weighted by Crippen LogP contribution is -2.47. The Morgan fingerprint density at radius 3 is 2.88 bits per heavy atom. The Balaban J connectivity index is 1.74. The van der Waals surface area contributed by atoms with Crippen molar-refractivity contribution in [2.45, 2.75) is 32.7 Å². The molecule has 0 spiro atoms. The van der Waals surface area contributed by atoms with Crippen LogP contribution in [0.3, 0.4) is 0 Å². The fourth-order valence-electron chi connectivity index (χ4n) is 3.46. The lowest BCUT2D eigenvalue weighted by Gasteiger charge is -2.31. The second kappa shape index (κ2) is 7.27. The van der Waals surface area contributed by atoms with Gasteiger partial charge in [0.2, 0.25) is 0 Å². The van der Waals surface area contributed by atoms with E-state index < -0.39 is 11.9 Å². The number of nitrogens with one attached hydrogen (secondary N) is 1. The normalized spacial score (nSPS) is 18.6. The number of carboxylic acids is 1. The summed E-state index contributed by atoms with van der Waals surface area (Å²) in [6.45, 7) is 4.62. The fraction of sp³-hybridized carbons (Fsp3) is 0.474. The smallest absolute Gasteiger partial charge is 0.318 e. The number of nitrogens with zero attached hydrogens (tertiary/aromatic N) is 1. The maximum Gasteiger partial charge on any atom is 0.318 e. The largest absolute Gasteiger partial charge is 0.497 e. The Bertz CT molecular complexity index is 829. The zero-order valence-corrected chi connectivity index (χ0v) is 15.2. The summed E-state index contributed by atoms with van der Waals surface area (Å²) in [5, 5.41) is 13.0. The summed E-state index contributed by atoms with van der Waals surface area (Å²) in [6.07, 6.45) is 1.31. The first-order valence-electron chi connectivity index (χ1n) is 8.76. The number of methoxy groups -OCH3 is 1. The molecule has 1 saturated heterocycles. The summed E-state index contributed by atoms with van der Waals surface area (Å²) >= 11 is 0. The van der Waals surface area contributed by atoms with Crippen LogP contribution >= 0.6 is 0 Å². The Labute approximate surface area is 151 Å². The van der Waals surface area contributed by atoms with E-state index in [0.29, 0.717) is 25.1 Å². The summed E-state index contributed by atoms with van der Waals surface area (Å²) in [5.41, 5.74) is 1.69. The van der Waals surface area contributed by atoms with E-state index in [1.165, 1.54) is 0 Å². The number of hydrogen-bond acceptors (Lipinski definition) is 4. The zero-order valence-electron chi connectivity index (χ0n) is 15.2. The van der Waals surface area contributed by atoms with Crippen LogP contribution in [-0.4, -0.2) is 42.2 Å². The Morgan fingerprint density at radius 2 is 2.19 bits per heavy atom. The number of hydrogen-bond donors (Lipinski definition) is 2. The highest BCUT2D eigenvalue weighted by Gasteiger charge is 2.29. The van der Waals surface area contributed by atoms with Crippen LogP contribution in [0.1, 0.15) is 37.1 Å². The van der Waals surface area contributed by atoms with Gasteiger partial charge in [0.25, 0.3) is 0 Å². The molecule has 0 bridgehead atoms. The molecule has 1 aliphatic rings. The summed E-state index contributed by atoms with van der Waals surface area (Å²) < 4.78 is 11.2. The number of rotatable bonds is 4. The molecule has 26 heavy (non-hydrogen) atoms. The third kappa shape index (κ3) is 3.47. The molecule has 0 saturated carbocycles. The van der Waals surface area contributed by atoms with E-state index in [1.54, 1.807) is 12.0 Å². The van der Waals surface area contributed by atoms with Crippen molar-refractivity contribution in [3.05, 3.63) is 29.5 Å². The molecule has 1 aliphatic heterocycles. The highest BCUT2D eigenvalue weighted by atomic mass is 16.5. The molecule has 140 valence electrons. The molecule has 1 fully saturated rings. The number of urea groups is 1. The number of carbonyl (C=O) groups excluding carboxylic acids is 1. The van der Waals surface area contributed by atoms with Crippen LogP contribution in [0.25, 0.3) is 11.0 Å². The summed E-state index contributed by atoms with van der Waals surface area (Å²) in [5.74, 6) is 0.0916.